The molecule has 2 atom stereocenters. The molecule has 2 unspecified atom stereocenters. The first-order valence-corrected chi connectivity index (χ1v) is 5.36. The summed E-state index contributed by atoms with van der Waals surface area (Å²) in [5.74, 6) is -0.897. The summed E-state index contributed by atoms with van der Waals surface area (Å²) in [6.07, 6.45) is 0. The molecule has 0 bridgehead atoms. The molecule has 0 spiro atoms. The van der Waals surface area contributed by atoms with Crippen LogP contribution in [0.15, 0.2) is 24.3 Å². The molecular formula is C11H12ClNO3. The highest BCUT2D eigenvalue weighted by Gasteiger charge is 2.27. The molecular weight excluding hydrogens is 230 g/mol. The van der Waals surface area contributed by atoms with Crippen molar-refractivity contribution < 1.29 is 14.6 Å². The third kappa shape index (κ3) is 2.52. The SMILES string of the molecule is O=C(O)C1COCC(c2cccc(Cl)c2)N1. The van der Waals surface area contributed by atoms with Gasteiger partial charge in [0.1, 0.15) is 6.04 Å². The van der Waals surface area contributed by atoms with Gasteiger partial charge in [-0.1, -0.05) is 23.7 Å². The van der Waals surface area contributed by atoms with E-state index in [1.807, 2.05) is 18.2 Å². The van der Waals surface area contributed by atoms with Gasteiger partial charge < -0.3 is 9.84 Å². The Kier molecular flexibility index (Phi) is 3.43. The summed E-state index contributed by atoms with van der Waals surface area (Å²) in [5.41, 5.74) is 0.943. The second kappa shape index (κ2) is 4.82. The molecule has 1 fully saturated rings. The smallest absolute Gasteiger partial charge is 0.323 e. The highest BCUT2D eigenvalue weighted by Crippen LogP contribution is 2.20. The van der Waals surface area contributed by atoms with E-state index in [1.54, 1.807) is 6.07 Å². The normalized spacial score (nSPS) is 25.3. The largest absolute Gasteiger partial charge is 0.480 e. The lowest BCUT2D eigenvalue weighted by Crippen LogP contribution is -2.48. The number of carboxylic acids is 1. The number of benzene rings is 1. The Bertz CT molecular complexity index is 397. The van der Waals surface area contributed by atoms with Crippen LogP contribution in [-0.2, 0) is 9.53 Å². The Labute approximate surface area is 98.2 Å². The molecule has 1 aliphatic heterocycles. The van der Waals surface area contributed by atoms with E-state index in [9.17, 15) is 4.79 Å². The first-order chi connectivity index (χ1) is 7.66. The minimum Gasteiger partial charge on any atom is -0.480 e. The quantitative estimate of drug-likeness (QED) is 0.823. The van der Waals surface area contributed by atoms with E-state index in [1.165, 1.54) is 0 Å². The topological polar surface area (TPSA) is 58.6 Å². The first kappa shape index (κ1) is 11.4. The molecule has 2 N–H and O–H groups in total. The summed E-state index contributed by atoms with van der Waals surface area (Å²) in [6.45, 7) is 0.663. The molecule has 86 valence electrons. The van der Waals surface area contributed by atoms with Gasteiger partial charge in [-0.3, -0.25) is 10.1 Å². The number of aliphatic carboxylic acids is 1. The fraction of sp³-hybridized carbons (Fsp3) is 0.364. The maximum Gasteiger partial charge on any atom is 0.323 e. The molecule has 1 heterocycles. The molecule has 2 rings (SSSR count). The Morgan fingerprint density at radius 3 is 3.00 bits per heavy atom. The van der Waals surface area contributed by atoms with Crippen LogP contribution in [0.3, 0.4) is 0 Å². The van der Waals surface area contributed by atoms with Crippen molar-refractivity contribution in [3.63, 3.8) is 0 Å². The zero-order valence-corrected chi connectivity index (χ0v) is 9.28. The van der Waals surface area contributed by atoms with Crippen LogP contribution in [0, 0.1) is 0 Å². The first-order valence-electron chi connectivity index (χ1n) is 4.99. The summed E-state index contributed by atoms with van der Waals surface area (Å²) in [5, 5.41) is 12.5. The predicted octanol–water partition coefficient (Wildman–Crippen LogP) is 1.45. The van der Waals surface area contributed by atoms with Gasteiger partial charge in [-0.2, -0.15) is 0 Å². The zero-order chi connectivity index (χ0) is 11.5. The van der Waals surface area contributed by atoms with E-state index in [0.717, 1.165) is 5.56 Å². The molecule has 1 aromatic carbocycles. The van der Waals surface area contributed by atoms with Crippen LogP contribution in [0.5, 0.6) is 0 Å². The number of ether oxygens (including phenoxy) is 1. The molecule has 16 heavy (non-hydrogen) atoms. The van der Waals surface area contributed by atoms with Crippen molar-refractivity contribution in [2.75, 3.05) is 13.2 Å². The number of rotatable bonds is 2. The Balaban J connectivity index is 2.12. The second-order valence-electron chi connectivity index (χ2n) is 3.70. The van der Waals surface area contributed by atoms with Gasteiger partial charge in [-0.15, -0.1) is 0 Å². The monoisotopic (exact) mass is 241 g/mol. The van der Waals surface area contributed by atoms with Gasteiger partial charge in [0.15, 0.2) is 0 Å². The number of nitrogens with one attached hydrogen (secondary N) is 1. The summed E-state index contributed by atoms with van der Waals surface area (Å²) in [6, 6.07) is 6.56. The molecule has 0 saturated carbocycles. The summed E-state index contributed by atoms with van der Waals surface area (Å²) in [4.78, 5) is 10.8. The number of halogens is 1. The van der Waals surface area contributed by atoms with Crippen LogP contribution >= 0.6 is 11.6 Å². The summed E-state index contributed by atoms with van der Waals surface area (Å²) < 4.78 is 5.26. The molecule has 1 aromatic rings. The molecule has 4 nitrogen and oxygen atoms in total. The Morgan fingerprint density at radius 2 is 2.31 bits per heavy atom. The summed E-state index contributed by atoms with van der Waals surface area (Å²) in [7, 11) is 0. The van der Waals surface area contributed by atoms with Crippen molar-refractivity contribution in [1.82, 2.24) is 5.32 Å². The van der Waals surface area contributed by atoms with Crippen molar-refractivity contribution >= 4 is 17.6 Å². The maximum atomic E-state index is 10.8. The van der Waals surface area contributed by atoms with E-state index in [4.69, 9.17) is 21.4 Å². The fourth-order valence-electron chi connectivity index (χ4n) is 1.70. The second-order valence-corrected chi connectivity index (χ2v) is 4.14. The van der Waals surface area contributed by atoms with Gasteiger partial charge in [0.05, 0.1) is 19.3 Å². The van der Waals surface area contributed by atoms with Gasteiger partial charge in [0.25, 0.3) is 0 Å². The van der Waals surface area contributed by atoms with E-state index in [0.29, 0.717) is 11.6 Å². The number of carbonyl (C=O) groups is 1. The van der Waals surface area contributed by atoms with Crippen molar-refractivity contribution in [2.45, 2.75) is 12.1 Å². The van der Waals surface area contributed by atoms with Crippen LogP contribution in [0.4, 0.5) is 0 Å². The maximum absolute atomic E-state index is 10.8. The average molecular weight is 242 g/mol. The van der Waals surface area contributed by atoms with E-state index in [2.05, 4.69) is 5.32 Å². The molecule has 1 saturated heterocycles. The van der Waals surface area contributed by atoms with Gasteiger partial charge in [-0.25, -0.2) is 0 Å². The Morgan fingerprint density at radius 1 is 1.50 bits per heavy atom. The number of hydrogen-bond donors (Lipinski definition) is 2. The zero-order valence-electron chi connectivity index (χ0n) is 8.52. The van der Waals surface area contributed by atoms with Crippen LogP contribution in [0.1, 0.15) is 11.6 Å². The summed E-state index contributed by atoms with van der Waals surface area (Å²) >= 11 is 5.88. The lowest BCUT2D eigenvalue weighted by Gasteiger charge is -2.29. The third-order valence-electron chi connectivity index (χ3n) is 2.52. The van der Waals surface area contributed by atoms with Gasteiger partial charge in [-0.05, 0) is 17.7 Å². The van der Waals surface area contributed by atoms with Gasteiger partial charge in [0.2, 0.25) is 0 Å². The van der Waals surface area contributed by atoms with Gasteiger partial charge >= 0.3 is 5.97 Å². The molecule has 0 aromatic heterocycles. The van der Waals surface area contributed by atoms with Crippen molar-refractivity contribution in [2.24, 2.45) is 0 Å². The molecule has 1 aliphatic rings. The van der Waals surface area contributed by atoms with Crippen molar-refractivity contribution in [1.29, 1.82) is 0 Å². The molecule has 5 heteroatoms. The average Bonchev–Trinajstić information content (AvgIpc) is 2.29. The standard InChI is InChI=1S/C11H12ClNO3/c12-8-3-1-2-7(4-8)9-5-16-6-10(13-9)11(14)15/h1-4,9-10,13H,5-6H2,(H,14,15). The van der Waals surface area contributed by atoms with Crippen molar-refractivity contribution in [3.05, 3.63) is 34.9 Å². The fourth-order valence-corrected chi connectivity index (χ4v) is 1.90. The minimum atomic E-state index is -0.897. The van der Waals surface area contributed by atoms with Gasteiger partial charge in [0, 0.05) is 5.02 Å². The predicted molar refractivity (Wildman–Crippen MR) is 59.6 cm³/mol. The number of morpholine rings is 1. The highest BCUT2D eigenvalue weighted by molar-refractivity contribution is 6.30. The third-order valence-corrected chi connectivity index (χ3v) is 2.76. The van der Waals surface area contributed by atoms with Crippen molar-refractivity contribution in [3.8, 4) is 0 Å². The van der Waals surface area contributed by atoms with Crippen LogP contribution in [-0.4, -0.2) is 30.3 Å². The minimum absolute atomic E-state index is 0.117. The lowest BCUT2D eigenvalue weighted by molar-refractivity contribution is -0.143. The van der Waals surface area contributed by atoms with Crippen LogP contribution < -0.4 is 5.32 Å². The molecule has 0 aliphatic carbocycles. The highest BCUT2D eigenvalue weighted by atomic mass is 35.5. The van der Waals surface area contributed by atoms with E-state index >= 15 is 0 Å². The molecule has 0 radical (unpaired) electrons. The number of carboxylic acid groups (broad SMARTS) is 1. The van der Waals surface area contributed by atoms with Crippen LogP contribution in [0.25, 0.3) is 0 Å². The van der Waals surface area contributed by atoms with E-state index in [-0.39, 0.29) is 12.6 Å². The number of hydrogen-bond acceptors (Lipinski definition) is 3. The lowest BCUT2D eigenvalue weighted by atomic mass is 10.1. The van der Waals surface area contributed by atoms with Crippen LogP contribution in [0.2, 0.25) is 5.02 Å². The van der Waals surface area contributed by atoms with E-state index < -0.39 is 12.0 Å². The molecule has 0 amide bonds. The Hall–Kier alpha value is -1.10.